The van der Waals surface area contributed by atoms with Gasteiger partial charge in [-0.25, -0.2) is 4.98 Å². The molecule has 0 bridgehead atoms. The summed E-state index contributed by atoms with van der Waals surface area (Å²) in [6.45, 7) is 3.07. The average molecular weight is 300 g/mol. The SMILES string of the molecule is CN(Cc1nnc(C2CC2)n1C)C[C@H]1CCc2nccn2C1. The van der Waals surface area contributed by atoms with Crippen LogP contribution in [0.15, 0.2) is 12.4 Å². The number of aromatic nitrogens is 5. The largest absolute Gasteiger partial charge is 0.335 e. The lowest BCUT2D eigenvalue weighted by Gasteiger charge is -2.27. The number of nitrogens with zero attached hydrogens (tertiary/aromatic N) is 6. The van der Waals surface area contributed by atoms with E-state index in [1.54, 1.807) is 0 Å². The van der Waals surface area contributed by atoms with Crippen molar-refractivity contribution in [3.8, 4) is 0 Å². The van der Waals surface area contributed by atoms with Crippen LogP contribution in [0.5, 0.6) is 0 Å². The normalized spacial score (nSPS) is 21.3. The zero-order chi connectivity index (χ0) is 15.1. The van der Waals surface area contributed by atoms with Gasteiger partial charge < -0.3 is 9.13 Å². The zero-order valence-electron chi connectivity index (χ0n) is 13.4. The third-order valence-electron chi connectivity index (χ3n) is 4.96. The van der Waals surface area contributed by atoms with E-state index in [4.69, 9.17) is 0 Å². The molecule has 22 heavy (non-hydrogen) atoms. The molecule has 3 heterocycles. The third-order valence-corrected chi connectivity index (χ3v) is 4.96. The Hall–Kier alpha value is -1.69. The number of rotatable bonds is 5. The van der Waals surface area contributed by atoms with E-state index in [0.29, 0.717) is 11.8 Å². The van der Waals surface area contributed by atoms with Gasteiger partial charge in [0.15, 0.2) is 0 Å². The van der Waals surface area contributed by atoms with Crippen LogP contribution in [0.25, 0.3) is 0 Å². The topological polar surface area (TPSA) is 51.8 Å². The standard InChI is InChI=1S/C16H24N6/c1-20(9-12-3-6-14-17-7-8-22(14)10-12)11-15-18-19-16(21(15)2)13-4-5-13/h7-8,12-13H,3-6,9-11H2,1-2H3/t12-/m1/s1. The highest BCUT2D eigenvalue weighted by molar-refractivity contribution is 5.07. The van der Waals surface area contributed by atoms with Crippen LogP contribution in [0.1, 0.15) is 42.7 Å². The van der Waals surface area contributed by atoms with Crippen molar-refractivity contribution in [2.24, 2.45) is 13.0 Å². The van der Waals surface area contributed by atoms with Crippen molar-refractivity contribution in [1.82, 2.24) is 29.2 Å². The Morgan fingerprint density at radius 1 is 1.27 bits per heavy atom. The molecule has 0 aromatic carbocycles. The van der Waals surface area contributed by atoms with E-state index in [1.807, 2.05) is 6.20 Å². The Morgan fingerprint density at radius 2 is 2.14 bits per heavy atom. The van der Waals surface area contributed by atoms with Crippen molar-refractivity contribution in [1.29, 1.82) is 0 Å². The fraction of sp³-hybridized carbons (Fsp3) is 0.688. The highest BCUT2D eigenvalue weighted by atomic mass is 15.3. The van der Waals surface area contributed by atoms with E-state index in [1.165, 1.54) is 30.9 Å². The van der Waals surface area contributed by atoms with Gasteiger partial charge in [0.05, 0.1) is 6.54 Å². The minimum atomic E-state index is 0.662. The monoisotopic (exact) mass is 300 g/mol. The summed E-state index contributed by atoms with van der Waals surface area (Å²) in [5.74, 6) is 4.85. The molecule has 2 aromatic rings. The first kappa shape index (κ1) is 13.9. The first-order valence-corrected chi connectivity index (χ1v) is 8.27. The number of hydrogen-bond acceptors (Lipinski definition) is 4. The fourth-order valence-electron chi connectivity index (χ4n) is 3.54. The lowest BCUT2D eigenvalue weighted by Crippen LogP contribution is -2.31. The van der Waals surface area contributed by atoms with Crippen molar-refractivity contribution in [3.05, 3.63) is 29.9 Å². The molecule has 0 unspecified atom stereocenters. The van der Waals surface area contributed by atoms with E-state index >= 15 is 0 Å². The molecule has 0 saturated heterocycles. The van der Waals surface area contributed by atoms with Gasteiger partial charge in [0.1, 0.15) is 17.5 Å². The Kier molecular flexibility index (Phi) is 3.48. The van der Waals surface area contributed by atoms with Crippen molar-refractivity contribution in [3.63, 3.8) is 0 Å². The van der Waals surface area contributed by atoms with Crippen LogP contribution in [0.2, 0.25) is 0 Å². The highest BCUT2D eigenvalue weighted by Gasteiger charge is 2.29. The molecule has 1 atom stereocenters. The molecule has 4 rings (SSSR count). The van der Waals surface area contributed by atoms with Crippen LogP contribution >= 0.6 is 0 Å². The van der Waals surface area contributed by atoms with Gasteiger partial charge in [0.25, 0.3) is 0 Å². The van der Waals surface area contributed by atoms with Crippen molar-refractivity contribution < 1.29 is 0 Å². The first-order chi connectivity index (χ1) is 10.7. The third kappa shape index (κ3) is 2.67. The molecule has 2 aromatic heterocycles. The van der Waals surface area contributed by atoms with Crippen LogP contribution < -0.4 is 0 Å². The number of fused-ring (bicyclic) bond motifs is 1. The van der Waals surface area contributed by atoms with E-state index in [9.17, 15) is 0 Å². The predicted molar refractivity (Wildman–Crippen MR) is 83.4 cm³/mol. The summed E-state index contributed by atoms with van der Waals surface area (Å²) >= 11 is 0. The molecule has 1 fully saturated rings. The average Bonchev–Trinajstić information content (AvgIpc) is 3.12. The molecular weight excluding hydrogens is 276 g/mol. The molecule has 1 aliphatic carbocycles. The molecule has 0 radical (unpaired) electrons. The van der Waals surface area contributed by atoms with E-state index in [0.717, 1.165) is 31.9 Å². The van der Waals surface area contributed by atoms with Gasteiger partial charge in [-0.05, 0) is 32.2 Å². The first-order valence-electron chi connectivity index (χ1n) is 8.27. The fourth-order valence-corrected chi connectivity index (χ4v) is 3.54. The molecule has 1 aliphatic heterocycles. The van der Waals surface area contributed by atoms with Gasteiger partial charge in [-0.1, -0.05) is 0 Å². The van der Waals surface area contributed by atoms with E-state index in [2.05, 4.69) is 49.5 Å². The molecule has 6 heteroatoms. The molecular formula is C16H24N6. The molecule has 0 spiro atoms. The molecule has 1 saturated carbocycles. The van der Waals surface area contributed by atoms with E-state index in [-0.39, 0.29) is 0 Å². The summed E-state index contributed by atoms with van der Waals surface area (Å²) in [6, 6.07) is 0. The Labute approximate surface area is 131 Å². The maximum Gasteiger partial charge on any atom is 0.146 e. The summed E-state index contributed by atoms with van der Waals surface area (Å²) in [5.41, 5.74) is 0. The second kappa shape index (κ2) is 5.50. The zero-order valence-corrected chi connectivity index (χ0v) is 13.4. The Bertz CT molecular complexity index is 653. The maximum absolute atomic E-state index is 4.40. The molecule has 0 amide bonds. The number of aryl methyl sites for hydroxylation is 1. The Balaban J connectivity index is 1.36. The summed E-state index contributed by atoms with van der Waals surface area (Å²) in [6.07, 6.45) is 8.90. The van der Waals surface area contributed by atoms with Gasteiger partial charge in [0, 0.05) is 44.9 Å². The number of imidazole rings is 1. The van der Waals surface area contributed by atoms with Gasteiger partial charge in [-0.3, -0.25) is 4.90 Å². The van der Waals surface area contributed by atoms with Gasteiger partial charge in [-0.15, -0.1) is 10.2 Å². The Morgan fingerprint density at radius 3 is 2.95 bits per heavy atom. The quantitative estimate of drug-likeness (QED) is 0.841. The lowest BCUT2D eigenvalue weighted by atomic mass is 9.99. The van der Waals surface area contributed by atoms with E-state index < -0.39 is 0 Å². The summed E-state index contributed by atoms with van der Waals surface area (Å²) in [5, 5.41) is 8.77. The van der Waals surface area contributed by atoms with Crippen LogP contribution in [-0.2, 0) is 26.6 Å². The van der Waals surface area contributed by atoms with Crippen LogP contribution in [0, 0.1) is 5.92 Å². The summed E-state index contributed by atoms with van der Waals surface area (Å²) in [7, 11) is 4.30. The molecule has 0 N–H and O–H groups in total. The second-order valence-corrected chi connectivity index (χ2v) is 6.90. The summed E-state index contributed by atoms with van der Waals surface area (Å²) in [4.78, 5) is 6.78. The van der Waals surface area contributed by atoms with Gasteiger partial charge in [-0.2, -0.15) is 0 Å². The number of hydrogen-bond donors (Lipinski definition) is 0. The predicted octanol–water partition coefficient (Wildman–Crippen LogP) is 1.58. The maximum atomic E-state index is 4.40. The molecule has 2 aliphatic rings. The van der Waals surface area contributed by atoms with Crippen LogP contribution in [-0.4, -0.2) is 42.8 Å². The molecule has 6 nitrogen and oxygen atoms in total. The lowest BCUT2D eigenvalue weighted by molar-refractivity contribution is 0.223. The van der Waals surface area contributed by atoms with Crippen LogP contribution in [0.3, 0.4) is 0 Å². The van der Waals surface area contributed by atoms with Crippen LogP contribution in [0.4, 0.5) is 0 Å². The minimum absolute atomic E-state index is 0.662. The van der Waals surface area contributed by atoms with Crippen molar-refractivity contribution in [2.75, 3.05) is 13.6 Å². The van der Waals surface area contributed by atoms with Crippen molar-refractivity contribution in [2.45, 2.75) is 44.7 Å². The summed E-state index contributed by atoms with van der Waals surface area (Å²) < 4.78 is 4.50. The highest BCUT2D eigenvalue weighted by Crippen LogP contribution is 2.38. The smallest absolute Gasteiger partial charge is 0.146 e. The second-order valence-electron chi connectivity index (χ2n) is 6.90. The van der Waals surface area contributed by atoms with Crippen molar-refractivity contribution >= 4 is 0 Å². The van der Waals surface area contributed by atoms with Gasteiger partial charge in [0.2, 0.25) is 0 Å². The minimum Gasteiger partial charge on any atom is -0.335 e. The van der Waals surface area contributed by atoms with Gasteiger partial charge >= 0.3 is 0 Å². The molecule has 118 valence electrons.